The fraction of sp³-hybridized carbons (Fsp3) is 0.133. The van der Waals surface area contributed by atoms with E-state index in [2.05, 4.69) is 12.6 Å². The SMILES string of the molecule is CN(Cc1ccc(F)cc1)C(=O)c1cccc(S)c1. The maximum atomic E-state index is 12.8. The highest BCUT2D eigenvalue weighted by molar-refractivity contribution is 7.80. The third kappa shape index (κ3) is 3.58. The number of amides is 1. The zero-order chi connectivity index (χ0) is 13.8. The molecule has 4 heteroatoms. The summed E-state index contributed by atoms with van der Waals surface area (Å²) in [6.07, 6.45) is 0. The van der Waals surface area contributed by atoms with Crippen LogP contribution in [0.3, 0.4) is 0 Å². The fourth-order valence-electron chi connectivity index (χ4n) is 1.79. The minimum Gasteiger partial charge on any atom is -0.337 e. The number of carbonyl (C=O) groups excluding carboxylic acids is 1. The van der Waals surface area contributed by atoms with E-state index in [1.54, 1.807) is 42.3 Å². The largest absolute Gasteiger partial charge is 0.337 e. The van der Waals surface area contributed by atoms with Crippen molar-refractivity contribution in [3.8, 4) is 0 Å². The van der Waals surface area contributed by atoms with Gasteiger partial charge in [-0.2, -0.15) is 0 Å². The van der Waals surface area contributed by atoms with Gasteiger partial charge in [-0.15, -0.1) is 12.6 Å². The second-order valence-electron chi connectivity index (χ2n) is 4.34. The van der Waals surface area contributed by atoms with Gasteiger partial charge >= 0.3 is 0 Å². The Labute approximate surface area is 117 Å². The first-order chi connectivity index (χ1) is 9.06. The summed E-state index contributed by atoms with van der Waals surface area (Å²) < 4.78 is 12.8. The molecule has 0 aliphatic carbocycles. The lowest BCUT2D eigenvalue weighted by molar-refractivity contribution is 0.0785. The monoisotopic (exact) mass is 275 g/mol. The number of nitrogens with zero attached hydrogens (tertiary/aromatic N) is 1. The van der Waals surface area contributed by atoms with E-state index in [0.29, 0.717) is 12.1 Å². The van der Waals surface area contributed by atoms with Gasteiger partial charge in [-0.05, 0) is 35.9 Å². The maximum Gasteiger partial charge on any atom is 0.253 e. The molecule has 19 heavy (non-hydrogen) atoms. The number of carbonyl (C=O) groups is 1. The van der Waals surface area contributed by atoms with Crippen LogP contribution in [0.2, 0.25) is 0 Å². The molecule has 0 saturated heterocycles. The average Bonchev–Trinajstić information content (AvgIpc) is 2.40. The standard InChI is InChI=1S/C15H14FNOS/c1-17(10-11-5-7-13(16)8-6-11)15(18)12-3-2-4-14(19)9-12/h2-9,19H,10H2,1H3. The molecular formula is C15H14FNOS. The number of hydrogen-bond acceptors (Lipinski definition) is 2. The number of halogens is 1. The van der Waals surface area contributed by atoms with Crippen LogP contribution in [0.5, 0.6) is 0 Å². The van der Waals surface area contributed by atoms with Gasteiger partial charge in [-0.25, -0.2) is 4.39 Å². The Kier molecular flexibility index (Phi) is 4.22. The number of thiol groups is 1. The van der Waals surface area contributed by atoms with Crippen LogP contribution in [0, 0.1) is 5.82 Å². The molecule has 0 unspecified atom stereocenters. The minimum absolute atomic E-state index is 0.0831. The van der Waals surface area contributed by atoms with Crippen LogP contribution in [-0.2, 0) is 6.54 Å². The van der Waals surface area contributed by atoms with Gasteiger partial charge in [-0.3, -0.25) is 4.79 Å². The van der Waals surface area contributed by atoms with E-state index in [0.717, 1.165) is 10.5 Å². The molecule has 0 saturated carbocycles. The summed E-state index contributed by atoms with van der Waals surface area (Å²) >= 11 is 4.22. The van der Waals surface area contributed by atoms with Gasteiger partial charge in [0.25, 0.3) is 5.91 Å². The molecule has 1 amide bonds. The average molecular weight is 275 g/mol. The van der Waals surface area contributed by atoms with Crippen LogP contribution >= 0.6 is 12.6 Å². The molecule has 2 aromatic rings. The molecular weight excluding hydrogens is 261 g/mol. The molecule has 2 rings (SSSR count). The summed E-state index contributed by atoms with van der Waals surface area (Å²) in [4.78, 5) is 14.5. The van der Waals surface area contributed by atoms with Crippen molar-refractivity contribution in [2.24, 2.45) is 0 Å². The van der Waals surface area contributed by atoms with Crippen molar-refractivity contribution in [2.75, 3.05) is 7.05 Å². The van der Waals surface area contributed by atoms with E-state index < -0.39 is 0 Å². The Bertz CT molecular complexity index is 583. The molecule has 0 N–H and O–H groups in total. The van der Waals surface area contributed by atoms with Crippen LogP contribution in [0.25, 0.3) is 0 Å². The molecule has 0 atom stereocenters. The van der Waals surface area contributed by atoms with Gasteiger partial charge in [0.2, 0.25) is 0 Å². The van der Waals surface area contributed by atoms with Crippen LogP contribution in [0.4, 0.5) is 4.39 Å². The molecule has 0 radical (unpaired) electrons. The Hall–Kier alpha value is -1.81. The molecule has 0 fully saturated rings. The summed E-state index contributed by atoms with van der Waals surface area (Å²) in [7, 11) is 1.72. The topological polar surface area (TPSA) is 20.3 Å². The lowest BCUT2D eigenvalue weighted by Crippen LogP contribution is -2.26. The molecule has 98 valence electrons. The van der Waals surface area contributed by atoms with Crippen LogP contribution < -0.4 is 0 Å². The molecule has 0 aromatic heterocycles. The van der Waals surface area contributed by atoms with Crippen molar-refractivity contribution < 1.29 is 9.18 Å². The van der Waals surface area contributed by atoms with Gasteiger partial charge in [0.1, 0.15) is 5.82 Å². The highest BCUT2D eigenvalue weighted by Crippen LogP contribution is 2.13. The van der Waals surface area contributed by atoms with E-state index in [1.807, 2.05) is 6.07 Å². The van der Waals surface area contributed by atoms with Gasteiger partial charge in [0, 0.05) is 24.1 Å². The summed E-state index contributed by atoms with van der Waals surface area (Å²) in [6.45, 7) is 0.440. The van der Waals surface area contributed by atoms with Gasteiger partial charge in [0.05, 0.1) is 0 Å². The highest BCUT2D eigenvalue weighted by atomic mass is 32.1. The van der Waals surface area contributed by atoms with Crippen molar-refractivity contribution in [2.45, 2.75) is 11.4 Å². The Morgan fingerprint density at radius 3 is 2.53 bits per heavy atom. The zero-order valence-corrected chi connectivity index (χ0v) is 11.4. The number of hydrogen-bond donors (Lipinski definition) is 1. The Morgan fingerprint density at radius 2 is 1.89 bits per heavy atom. The van der Waals surface area contributed by atoms with Crippen molar-refractivity contribution in [3.05, 3.63) is 65.5 Å². The Balaban J connectivity index is 2.09. The summed E-state index contributed by atoms with van der Waals surface area (Å²) in [5, 5.41) is 0. The number of rotatable bonds is 3. The first-order valence-corrected chi connectivity index (χ1v) is 6.30. The van der Waals surface area contributed by atoms with Crippen LogP contribution in [-0.4, -0.2) is 17.9 Å². The molecule has 0 bridgehead atoms. The van der Waals surface area contributed by atoms with Gasteiger partial charge < -0.3 is 4.90 Å². The lowest BCUT2D eigenvalue weighted by Gasteiger charge is -2.17. The summed E-state index contributed by atoms with van der Waals surface area (Å²) in [6, 6.07) is 13.2. The number of benzene rings is 2. The van der Waals surface area contributed by atoms with E-state index >= 15 is 0 Å². The minimum atomic E-state index is -0.277. The summed E-state index contributed by atoms with van der Waals surface area (Å²) in [5.74, 6) is -0.360. The molecule has 0 heterocycles. The maximum absolute atomic E-state index is 12.8. The van der Waals surface area contributed by atoms with Crippen molar-refractivity contribution in [3.63, 3.8) is 0 Å². The molecule has 0 aliphatic heterocycles. The Morgan fingerprint density at radius 1 is 1.21 bits per heavy atom. The van der Waals surface area contributed by atoms with Crippen molar-refractivity contribution >= 4 is 18.5 Å². The molecule has 2 aromatic carbocycles. The normalized spacial score (nSPS) is 10.3. The van der Waals surface area contributed by atoms with E-state index in [1.165, 1.54) is 12.1 Å². The van der Waals surface area contributed by atoms with Gasteiger partial charge in [-0.1, -0.05) is 18.2 Å². The van der Waals surface area contributed by atoms with Crippen LogP contribution in [0.1, 0.15) is 15.9 Å². The first kappa shape index (κ1) is 13.6. The third-order valence-corrected chi connectivity index (χ3v) is 3.05. The fourth-order valence-corrected chi connectivity index (χ4v) is 2.02. The first-order valence-electron chi connectivity index (χ1n) is 5.85. The zero-order valence-electron chi connectivity index (χ0n) is 10.5. The highest BCUT2D eigenvalue weighted by Gasteiger charge is 2.12. The molecule has 2 nitrogen and oxygen atoms in total. The second-order valence-corrected chi connectivity index (χ2v) is 4.85. The smallest absolute Gasteiger partial charge is 0.253 e. The predicted octanol–water partition coefficient (Wildman–Crippen LogP) is 3.39. The van der Waals surface area contributed by atoms with E-state index in [-0.39, 0.29) is 11.7 Å². The van der Waals surface area contributed by atoms with Crippen LogP contribution in [0.15, 0.2) is 53.4 Å². The lowest BCUT2D eigenvalue weighted by atomic mass is 10.1. The predicted molar refractivity (Wildman–Crippen MR) is 75.9 cm³/mol. The summed E-state index contributed by atoms with van der Waals surface area (Å²) in [5.41, 5.74) is 1.48. The van der Waals surface area contributed by atoms with Crippen molar-refractivity contribution in [1.29, 1.82) is 0 Å². The third-order valence-electron chi connectivity index (χ3n) is 2.77. The quantitative estimate of drug-likeness (QED) is 0.851. The second kappa shape index (κ2) is 5.89. The molecule has 0 aliphatic rings. The van der Waals surface area contributed by atoms with Gasteiger partial charge in [0.15, 0.2) is 0 Å². The van der Waals surface area contributed by atoms with E-state index in [4.69, 9.17) is 0 Å². The van der Waals surface area contributed by atoms with Crippen molar-refractivity contribution in [1.82, 2.24) is 4.90 Å². The van der Waals surface area contributed by atoms with E-state index in [9.17, 15) is 9.18 Å². The molecule has 0 spiro atoms.